The van der Waals surface area contributed by atoms with Gasteiger partial charge in [0.25, 0.3) is 0 Å². The normalized spacial score (nSPS) is 12.2. The van der Waals surface area contributed by atoms with E-state index in [9.17, 15) is 9.59 Å². The smallest absolute Gasteiger partial charge is 0.170 e. The lowest BCUT2D eigenvalue weighted by molar-refractivity contribution is -0.121. The molecule has 0 aromatic heterocycles. The van der Waals surface area contributed by atoms with Crippen molar-refractivity contribution in [1.29, 1.82) is 0 Å². The van der Waals surface area contributed by atoms with Crippen LogP contribution in [0.4, 0.5) is 0 Å². The zero-order valence-electron chi connectivity index (χ0n) is 9.80. The van der Waals surface area contributed by atoms with Crippen LogP contribution in [0.3, 0.4) is 0 Å². The van der Waals surface area contributed by atoms with Crippen LogP contribution in [0.5, 0.6) is 0 Å². The Balaban J connectivity index is 2.80. The molecule has 0 saturated carbocycles. The molecule has 1 aromatic carbocycles. The number of hydrogen-bond donors (Lipinski definition) is 0. The van der Waals surface area contributed by atoms with Crippen LogP contribution in [-0.2, 0) is 4.79 Å². The molecule has 1 unspecified atom stereocenters. The Bertz CT molecular complexity index is 421. The Hall–Kier alpha value is -0.860. The largest absolute Gasteiger partial charge is 0.299 e. The average molecular weight is 273 g/mol. The third-order valence-electron chi connectivity index (χ3n) is 2.68. The second-order valence-corrected chi connectivity index (χ2v) is 4.91. The van der Waals surface area contributed by atoms with Crippen LogP contribution in [0.1, 0.15) is 37.0 Å². The van der Waals surface area contributed by atoms with Crippen LogP contribution >= 0.6 is 23.2 Å². The molecular formula is C13H14Cl2O2. The fraction of sp³-hybridized carbons (Fsp3) is 0.385. The predicted molar refractivity (Wildman–Crippen MR) is 69.9 cm³/mol. The van der Waals surface area contributed by atoms with Crippen molar-refractivity contribution in [3.05, 3.63) is 33.8 Å². The van der Waals surface area contributed by atoms with Gasteiger partial charge in [-0.2, -0.15) is 0 Å². The van der Waals surface area contributed by atoms with Gasteiger partial charge in [-0.15, -0.1) is 0 Å². The van der Waals surface area contributed by atoms with Gasteiger partial charge in [0.05, 0.1) is 6.42 Å². The number of Topliss-reactive ketones (excluding diaryl/α,β-unsaturated/α-hetero) is 2. The van der Waals surface area contributed by atoms with Gasteiger partial charge >= 0.3 is 0 Å². The Morgan fingerprint density at radius 1 is 1.18 bits per heavy atom. The molecule has 4 heteroatoms. The molecular weight excluding hydrogens is 259 g/mol. The average Bonchev–Trinajstić information content (AvgIpc) is 2.26. The Morgan fingerprint density at radius 2 is 1.71 bits per heavy atom. The first-order chi connectivity index (χ1) is 7.93. The second-order valence-electron chi connectivity index (χ2n) is 4.03. The molecule has 92 valence electrons. The lowest BCUT2D eigenvalue weighted by Gasteiger charge is -2.07. The predicted octanol–water partition coefficient (Wildman–Crippen LogP) is 4.18. The Kier molecular flexibility index (Phi) is 5.16. The number of carbonyl (C=O) groups is 2. The van der Waals surface area contributed by atoms with Gasteiger partial charge in [-0.05, 0) is 24.6 Å². The maximum absolute atomic E-state index is 11.8. The van der Waals surface area contributed by atoms with Gasteiger partial charge in [0, 0.05) is 21.5 Å². The summed E-state index contributed by atoms with van der Waals surface area (Å²) in [6, 6.07) is 4.61. The number of carbonyl (C=O) groups excluding carboxylic acids is 2. The molecule has 0 N–H and O–H groups in total. The zero-order valence-corrected chi connectivity index (χ0v) is 11.3. The van der Waals surface area contributed by atoms with Crippen LogP contribution in [0.15, 0.2) is 18.2 Å². The molecule has 0 saturated heterocycles. The highest BCUT2D eigenvalue weighted by atomic mass is 35.5. The van der Waals surface area contributed by atoms with Crippen molar-refractivity contribution in [1.82, 2.24) is 0 Å². The van der Waals surface area contributed by atoms with E-state index in [-0.39, 0.29) is 23.9 Å². The summed E-state index contributed by atoms with van der Waals surface area (Å²) in [6.07, 6.45) is 0.647. The molecule has 1 rings (SSSR count). The summed E-state index contributed by atoms with van der Waals surface area (Å²) in [5.74, 6) is -0.373. The first kappa shape index (κ1) is 14.2. The van der Waals surface area contributed by atoms with E-state index in [1.54, 1.807) is 6.07 Å². The Labute approximate surface area is 111 Å². The van der Waals surface area contributed by atoms with Crippen LogP contribution in [0.2, 0.25) is 10.0 Å². The number of halogens is 2. The molecule has 1 aromatic rings. The van der Waals surface area contributed by atoms with Gasteiger partial charge < -0.3 is 0 Å². The van der Waals surface area contributed by atoms with E-state index >= 15 is 0 Å². The molecule has 0 amide bonds. The molecule has 0 heterocycles. The quantitative estimate of drug-likeness (QED) is 0.595. The van der Waals surface area contributed by atoms with Crippen molar-refractivity contribution in [2.45, 2.75) is 26.7 Å². The van der Waals surface area contributed by atoms with Gasteiger partial charge in [0.1, 0.15) is 5.78 Å². The SMILES string of the molecule is CCC(C)C(=O)CC(=O)c1cc(Cl)cc(Cl)c1. The maximum Gasteiger partial charge on any atom is 0.170 e. The van der Waals surface area contributed by atoms with Gasteiger partial charge in [-0.1, -0.05) is 37.0 Å². The molecule has 2 nitrogen and oxygen atoms in total. The number of benzene rings is 1. The fourth-order valence-corrected chi connectivity index (χ4v) is 1.90. The van der Waals surface area contributed by atoms with Gasteiger partial charge in [0.15, 0.2) is 5.78 Å². The molecule has 0 aliphatic rings. The maximum atomic E-state index is 11.8. The summed E-state index contributed by atoms with van der Waals surface area (Å²) in [4.78, 5) is 23.5. The third-order valence-corrected chi connectivity index (χ3v) is 3.12. The number of hydrogen-bond acceptors (Lipinski definition) is 2. The Morgan fingerprint density at radius 3 is 2.18 bits per heavy atom. The molecule has 0 aliphatic carbocycles. The topological polar surface area (TPSA) is 34.1 Å². The lowest BCUT2D eigenvalue weighted by atomic mass is 9.97. The highest BCUT2D eigenvalue weighted by Gasteiger charge is 2.17. The number of ketones is 2. The van der Waals surface area contributed by atoms with E-state index < -0.39 is 0 Å². The van der Waals surface area contributed by atoms with Gasteiger partial charge in [-0.3, -0.25) is 9.59 Å². The van der Waals surface area contributed by atoms with E-state index in [2.05, 4.69) is 0 Å². The molecule has 0 aliphatic heterocycles. The first-order valence-corrected chi connectivity index (χ1v) is 6.21. The highest BCUT2D eigenvalue weighted by molar-refractivity contribution is 6.35. The summed E-state index contributed by atoms with van der Waals surface area (Å²) in [5, 5.41) is 0.800. The fourth-order valence-electron chi connectivity index (χ4n) is 1.38. The second kappa shape index (κ2) is 6.18. The van der Waals surface area contributed by atoms with Crippen molar-refractivity contribution in [3.8, 4) is 0 Å². The van der Waals surface area contributed by atoms with Crippen molar-refractivity contribution in [2.24, 2.45) is 5.92 Å². The van der Waals surface area contributed by atoms with E-state index in [0.717, 1.165) is 6.42 Å². The molecule has 17 heavy (non-hydrogen) atoms. The molecule has 0 bridgehead atoms. The first-order valence-electron chi connectivity index (χ1n) is 5.46. The van der Waals surface area contributed by atoms with Crippen LogP contribution in [0.25, 0.3) is 0 Å². The van der Waals surface area contributed by atoms with Crippen LogP contribution < -0.4 is 0 Å². The summed E-state index contributed by atoms with van der Waals surface area (Å²) >= 11 is 11.6. The zero-order chi connectivity index (χ0) is 13.0. The van der Waals surface area contributed by atoms with Gasteiger partial charge in [-0.25, -0.2) is 0 Å². The van der Waals surface area contributed by atoms with Gasteiger partial charge in [0.2, 0.25) is 0 Å². The minimum atomic E-state index is -0.236. The van der Waals surface area contributed by atoms with E-state index in [1.807, 2.05) is 13.8 Å². The minimum absolute atomic E-state index is 0.0476. The van der Waals surface area contributed by atoms with Crippen molar-refractivity contribution in [2.75, 3.05) is 0 Å². The van der Waals surface area contributed by atoms with Crippen molar-refractivity contribution < 1.29 is 9.59 Å². The molecule has 1 atom stereocenters. The molecule has 0 radical (unpaired) electrons. The summed E-state index contributed by atoms with van der Waals surface area (Å²) < 4.78 is 0. The van der Waals surface area contributed by atoms with Crippen molar-refractivity contribution >= 4 is 34.8 Å². The summed E-state index contributed by atoms with van der Waals surface area (Å²) in [6.45, 7) is 3.74. The van der Waals surface area contributed by atoms with E-state index in [1.165, 1.54) is 12.1 Å². The molecule has 0 fully saturated rings. The standard InChI is InChI=1S/C13H14Cl2O2/c1-3-8(2)12(16)7-13(17)9-4-10(14)6-11(15)5-9/h4-6,8H,3,7H2,1-2H3. The van der Waals surface area contributed by atoms with Crippen LogP contribution in [0, 0.1) is 5.92 Å². The van der Waals surface area contributed by atoms with E-state index in [0.29, 0.717) is 15.6 Å². The minimum Gasteiger partial charge on any atom is -0.299 e. The lowest BCUT2D eigenvalue weighted by Crippen LogP contribution is -2.15. The van der Waals surface area contributed by atoms with Crippen LogP contribution in [-0.4, -0.2) is 11.6 Å². The highest BCUT2D eigenvalue weighted by Crippen LogP contribution is 2.20. The third kappa shape index (κ3) is 4.14. The number of rotatable bonds is 5. The summed E-state index contributed by atoms with van der Waals surface area (Å²) in [5.41, 5.74) is 0.388. The van der Waals surface area contributed by atoms with E-state index in [4.69, 9.17) is 23.2 Å². The molecule has 0 spiro atoms. The monoisotopic (exact) mass is 272 g/mol. The summed E-state index contributed by atoms with van der Waals surface area (Å²) in [7, 11) is 0. The van der Waals surface area contributed by atoms with Crippen molar-refractivity contribution in [3.63, 3.8) is 0 Å².